The summed E-state index contributed by atoms with van der Waals surface area (Å²) in [6.45, 7) is 5.68. The second-order valence-electron chi connectivity index (χ2n) is 11.7. The summed E-state index contributed by atoms with van der Waals surface area (Å²) in [5.41, 5.74) is 7.95. The second-order valence-corrected chi connectivity index (χ2v) is 11.7. The molecule has 0 radical (unpaired) electrons. The van der Waals surface area contributed by atoms with E-state index in [1.807, 2.05) is 73.3 Å². The smallest absolute Gasteiger partial charge is 0.253 e. The molecule has 0 saturated carbocycles. The van der Waals surface area contributed by atoms with Crippen LogP contribution in [-0.2, 0) is 4.79 Å². The summed E-state index contributed by atoms with van der Waals surface area (Å²) >= 11 is 0. The number of aromatic nitrogens is 6. The van der Waals surface area contributed by atoms with Crippen molar-refractivity contribution in [3.8, 4) is 33.8 Å². The van der Waals surface area contributed by atoms with Crippen LogP contribution in [0.3, 0.4) is 0 Å². The van der Waals surface area contributed by atoms with Crippen molar-refractivity contribution in [2.75, 3.05) is 18.4 Å². The molecule has 1 aliphatic rings. The summed E-state index contributed by atoms with van der Waals surface area (Å²) in [4.78, 5) is 44.4. The summed E-state index contributed by atoms with van der Waals surface area (Å²) in [5, 5.41) is 11.3. The van der Waals surface area contributed by atoms with Crippen LogP contribution < -0.4 is 5.32 Å². The van der Waals surface area contributed by atoms with E-state index in [9.17, 15) is 9.59 Å². The van der Waals surface area contributed by atoms with Gasteiger partial charge in [-0.15, -0.1) is 0 Å². The minimum absolute atomic E-state index is 0.0413. The Balaban J connectivity index is 1.20. The first kappa shape index (κ1) is 27.5. The standard InChI is InChI=1S/C34H32N8O2/c1-20(2)14-29(43)37-25-15-23(17-35-19-25)24-16-27-31(40-41-32(27)36-18-24)33-38-28-7-5-6-26(30(28)39-33)21-8-10-22(11-9-21)34(44)42-12-3-4-13-42/h5-11,15-20H,3-4,12-14H2,1-2H3,(H,37,43)(H,38,39)(H,36,40,41). The molecule has 0 unspecified atom stereocenters. The van der Waals surface area contributed by atoms with E-state index in [0.717, 1.165) is 70.3 Å². The van der Waals surface area contributed by atoms with E-state index < -0.39 is 0 Å². The number of nitrogens with zero attached hydrogens (tertiary/aromatic N) is 5. The highest BCUT2D eigenvalue weighted by Crippen LogP contribution is 2.33. The molecule has 0 spiro atoms. The van der Waals surface area contributed by atoms with E-state index in [2.05, 4.69) is 30.5 Å². The Morgan fingerprint density at radius 1 is 0.955 bits per heavy atom. The number of hydrogen-bond acceptors (Lipinski definition) is 6. The number of imidazole rings is 1. The predicted molar refractivity (Wildman–Crippen MR) is 171 cm³/mol. The summed E-state index contributed by atoms with van der Waals surface area (Å²) in [6.07, 6.45) is 7.72. The number of likely N-dealkylation sites (tertiary alicyclic amines) is 1. The lowest BCUT2D eigenvalue weighted by molar-refractivity contribution is -0.116. The number of hydrogen-bond donors (Lipinski definition) is 3. The summed E-state index contributed by atoms with van der Waals surface area (Å²) in [7, 11) is 0. The van der Waals surface area contributed by atoms with Crippen molar-refractivity contribution in [2.45, 2.75) is 33.1 Å². The molecule has 1 aliphatic heterocycles. The number of anilines is 1. The molecule has 6 aromatic rings. The predicted octanol–water partition coefficient (Wildman–Crippen LogP) is 6.45. The minimum atomic E-state index is -0.0413. The third-order valence-corrected chi connectivity index (χ3v) is 7.94. The van der Waals surface area contributed by atoms with Crippen molar-refractivity contribution < 1.29 is 9.59 Å². The van der Waals surface area contributed by atoms with Crippen LogP contribution in [0.4, 0.5) is 5.69 Å². The highest BCUT2D eigenvalue weighted by molar-refractivity contribution is 5.99. The SMILES string of the molecule is CC(C)CC(=O)Nc1cncc(-c2cnc3n[nH]c(-c4nc5c(-c6ccc(C(=O)N7CCCC7)cc6)cccc5[nH]4)c3c2)c1. The van der Waals surface area contributed by atoms with Crippen LogP contribution in [0.25, 0.3) is 55.8 Å². The van der Waals surface area contributed by atoms with Gasteiger partial charge in [0.1, 0.15) is 5.69 Å². The van der Waals surface area contributed by atoms with Gasteiger partial charge in [-0.2, -0.15) is 5.10 Å². The van der Waals surface area contributed by atoms with Crippen LogP contribution in [0.15, 0.2) is 73.2 Å². The molecule has 4 aromatic heterocycles. The molecular formula is C34H32N8O2. The summed E-state index contributed by atoms with van der Waals surface area (Å²) < 4.78 is 0. The molecular weight excluding hydrogens is 552 g/mol. The fourth-order valence-electron chi connectivity index (χ4n) is 5.77. The Kier molecular flexibility index (Phi) is 7.09. The van der Waals surface area contributed by atoms with Crippen LogP contribution in [0.1, 0.15) is 43.5 Å². The number of nitrogens with one attached hydrogen (secondary N) is 3. The number of benzene rings is 2. The van der Waals surface area contributed by atoms with Crippen molar-refractivity contribution in [2.24, 2.45) is 5.92 Å². The normalized spacial score (nSPS) is 13.3. The van der Waals surface area contributed by atoms with Gasteiger partial charge in [-0.1, -0.05) is 38.1 Å². The lowest BCUT2D eigenvalue weighted by Crippen LogP contribution is -2.27. The fraction of sp³-hybridized carbons (Fsp3) is 0.235. The van der Waals surface area contributed by atoms with E-state index in [-0.39, 0.29) is 17.7 Å². The fourth-order valence-corrected chi connectivity index (χ4v) is 5.77. The monoisotopic (exact) mass is 584 g/mol. The third kappa shape index (κ3) is 5.30. The molecule has 1 saturated heterocycles. The highest BCUT2D eigenvalue weighted by atomic mass is 16.2. The molecule has 0 atom stereocenters. The number of H-pyrrole nitrogens is 2. The average molecular weight is 585 g/mol. The van der Waals surface area contributed by atoms with E-state index in [4.69, 9.17) is 4.98 Å². The molecule has 10 heteroatoms. The van der Waals surface area contributed by atoms with E-state index in [1.54, 1.807) is 18.6 Å². The van der Waals surface area contributed by atoms with Gasteiger partial charge in [0.25, 0.3) is 5.91 Å². The first-order valence-electron chi connectivity index (χ1n) is 14.9. The number of fused-ring (bicyclic) bond motifs is 2. The Morgan fingerprint density at radius 2 is 1.75 bits per heavy atom. The number of carbonyl (C=O) groups excluding carboxylic acids is 2. The average Bonchev–Trinajstić information content (AvgIpc) is 3.80. The first-order chi connectivity index (χ1) is 21.4. The Morgan fingerprint density at radius 3 is 2.55 bits per heavy atom. The molecule has 2 aromatic carbocycles. The molecule has 44 heavy (non-hydrogen) atoms. The van der Waals surface area contributed by atoms with Crippen molar-refractivity contribution in [1.29, 1.82) is 0 Å². The first-order valence-corrected chi connectivity index (χ1v) is 14.9. The van der Waals surface area contributed by atoms with Crippen molar-refractivity contribution >= 4 is 39.6 Å². The molecule has 5 heterocycles. The van der Waals surface area contributed by atoms with Crippen molar-refractivity contribution in [3.05, 3.63) is 78.8 Å². The lowest BCUT2D eigenvalue weighted by atomic mass is 10.0. The van der Waals surface area contributed by atoms with Gasteiger partial charge in [0.05, 0.1) is 28.3 Å². The van der Waals surface area contributed by atoms with E-state index in [1.165, 1.54) is 0 Å². The van der Waals surface area contributed by atoms with Gasteiger partial charge in [-0.05, 0) is 54.7 Å². The van der Waals surface area contributed by atoms with Crippen LogP contribution in [0.5, 0.6) is 0 Å². The largest absolute Gasteiger partial charge is 0.339 e. The molecule has 10 nitrogen and oxygen atoms in total. The maximum Gasteiger partial charge on any atom is 0.253 e. The van der Waals surface area contributed by atoms with Gasteiger partial charge < -0.3 is 15.2 Å². The molecule has 3 N–H and O–H groups in total. The van der Waals surface area contributed by atoms with E-state index in [0.29, 0.717) is 29.1 Å². The number of carbonyl (C=O) groups is 2. The zero-order chi connectivity index (χ0) is 30.2. The Labute approximate surface area is 254 Å². The Hall–Kier alpha value is -5.38. The maximum absolute atomic E-state index is 12.8. The summed E-state index contributed by atoms with van der Waals surface area (Å²) in [6, 6.07) is 17.7. The molecule has 7 rings (SSSR count). The Bertz CT molecular complexity index is 2000. The minimum Gasteiger partial charge on any atom is -0.339 e. The van der Waals surface area contributed by atoms with Gasteiger partial charge in [0.15, 0.2) is 11.5 Å². The van der Waals surface area contributed by atoms with E-state index >= 15 is 0 Å². The number of para-hydroxylation sites is 1. The zero-order valence-corrected chi connectivity index (χ0v) is 24.6. The molecule has 2 amide bonds. The van der Waals surface area contributed by atoms with Crippen LogP contribution in [0, 0.1) is 5.92 Å². The van der Waals surface area contributed by atoms with Crippen molar-refractivity contribution in [3.63, 3.8) is 0 Å². The highest BCUT2D eigenvalue weighted by Gasteiger charge is 2.20. The summed E-state index contributed by atoms with van der Waals surface area (Å²) in [5.74, 6) is 0.956. The topological polar surface area (TPSA) is 133 Å². The quantitative estimate of drug-likeness (QED) is 0.198. The maximum atomic E-state index is 12.8. The number of pyridine rings is 2. The molecule has 1 fully saturated rings. The zero-order valence-electron chi connectivity index (χ0n) is 24.6. The van der Waals surface area contributed by atoms with Gasteiger partial charge in [0.2, 0.25) is 5.91 Å². The van der Waals surface area contributed by atoms with Gasteiger partial charge >= 0.3 is 0 Å². The van der Waals surface area contributed by atoms with Crippen molar-refractivity contribution in [1.82, 2.24) is 35.0 Å². The second kappa shape index (κ2) is 11.4. The molecule has 220 valence electrons. The molecule has 0 aliphatic carbocycles. The van der Waals surface area contributed by atoms with Crippen LogP contribution >= 0.6 is 0 Å². The van der Waals surface area contributed by atoms with Gasteiger partial charge in [-0.25, -0.2) is 9.97 Å². The number of rotatable bonds is 7. The number of amides is 2. The number of aromatic amines is 2. The van der Waals surface area contributed by atoms with Gasteiger partial charge in [-0.3, -0.25) is 19.7 Å². The molecule has 0 bridgehead atoms. The third-order valence-electron chi connectivity index (χ3n) is 7.94. The van der Waals surface area contributed by atoms with Crippen LogP contribution in [-0.4, -0.2) is 59.9 Å². The van der Waals surface area contributed by atoms with Crippen LogP contribution in [0.2, 0.25) is 0 Å². The van der Waals surface area contributed by atoms with Gasteiger partial charge in [0, 0.05) is 54.2 Å². The lowest BCUT2D eigenvalue weighted by Gasteiger charge is -2.15.